The zero-order chi connectivity index (χ0) is 8.10. The summed E-state index contributed by atoms with van der Waals surface area (Å²) in [7, 11) is 1.91. The molecule has 0 N–H and O–H groups in total. The normalized spacial score (nSPS) is 10.7. The maximum atomic E-state index is 4.77. The van der Waals surface area contributed by atoms with Gasteiger partial charge in [-0.25, -0.2) is 4.98 Å². The highest BCUT2D eigenvalue weighted by atomic mass is 16.6. The molecule has 4 heteroatoms. The van der Waals surface area contributed by atoms with E-state index >= 15 is 0 Å². The molecule has 0 amide bonds. The van der Waals surface area contributed by atoms with E-state index in [2.05, 4.69) is 10.1 Å². The van der Waals surface area contributed by atoms with Gasteiger partial charge >= 0.3 is 0 Å². The number of hydrogen-bond acceptors (Lipinski definition) is 3. The molecule has 0 unspecified atom stereocenters. The topological polar surface area (TPSA) is 39.4 Å². The maximum absolute atomic E-state index is 4.77. The van der Waals surface area contributed by atoms with Gasteiger partial charge in [-0.2, -0.15) is 0 Å². The van der Waals surface area contributed by atoms with E-state index in [1.165, 1.54) is 0 Å². The van der Waals surface area contributed by atoms with Crippen LogP contribution in [0.3, 0.4) is 0 Å². The fraction of sp³-hybridized carbons (Fsp3) is 0.429. The minimum atomic E-state index is 0.587. The standard InChI is InChI=1S/C7H11N3O/c1-3-11-9-4-7-5-10(2)6-8-7/h4-6H,3H2,1-2H3/b9-4+. The van der Waals surface area contributed by atoms with Crippen LogP contribution in [0.1, 0.15) is 12.6 Å². The van der Waals surface area contributed by atoms with Crippen molar-refractivity contribution in [3.8, 4) is 0 Å². The van der Waals surface area contributed by atoms with Crippen molar-refractivity contribution in [2.24, 2.45) is 12.2 Å². The van der Waals surface area contributed by atoms with E-state index in [1.54, 1.807) is 12.5 Å². The smallest absolute Gasteiger partial charge is 0.114 e. The van der Waals surface area contributed by atoms with E-state index in [0.717, 1.165) is 5.69 Å². The van der Waals surface area contributed by atoms with Gasteiger partial charge in [-0.3, -0.25) is 0 Å². The molecule has 0 aromatic carbocycles. The molecule has 0 spiro atoms. The van der Waals surface area contributed by atoms with Crippen molar-refractivity contribution in [1.29, 1.82) is 0 Å². The van der Waals surface area contributed by atoms with Crippen molar-refractivity contribution in [3.63, 3.8) is 0 Å². The van der Waals surface area contributed by atoms with Crippen LogP contribution in [-0.4, -0.2) is 22.4 Å². The van der Waals surface area contributed by atoms with Crippen LogP contribution in [0, 0.1) is 0 Å². The molecule has 0 aliphatic carbocycles. The highest BCUT2D eigenvalue weighted by Crippen LogP contribution is 1.89. The average molecular weight is 153 g/mol. The third-order valence-corrected chi connectivity index (χ3v) is 1.11. The third-order valence-electron chi connectivity index (χ3n) is 1.11. The van der Waals surface area contributed by atoms with Crippen LogP contribution in [0.5, 0.6) is 0 Å². The maximum Gasteiger partial charge on any atom is 0.114 e. The minimum absolute atomic E-state index is 0.587. The minimum Gasteiger partial charge on any atom is -0.396 e. The number of aromatic nitrogens is 2. The van der Waals surface area contributed by atoms with E-state index in [1.807, 2.05) is 24.7 Å². The SMILES string of the molecule is CCO/N=C/c1cn(C)cn1. The third kappa shape index (κ3) is 2.41. The van der Waals surface area contributed by atoms with Crippen molar-refractivity contribution in [3.05, 3.63) is 18.2 Å². The lowest BCUT2D eigenvalue weighted by atomic mass is 10.5. The summed E-state index contributed by atoms with van der Waals surface area (Å²) < 4.78 is 1.85. The predicted octanol–water partition coefficient (Wildman–Crippen LogP) is 0.790. The Balaban J connectivity index is 2.50. The first-order chi connectivity index (χ1) is 5.33. The van der Waals surface area contributed by atoms with Crippen molar-refractivity contribution in [1.82, 2.24) is 9.55 Å². The fourth-order valence-corrected chi connectivity index (χ4v) is 0.666. The highest BCUT2D eigenvalue weighted by Gasteiger charge is 1.89. The number of oxime groups is 1. The molecule has 0 saturated heterocycles. The van der Waals surface area contributed by atoms with Gasteiger partial charge in [-0.15, -0.1) is 0 Å². The van der Waals surface area contributed by atoms with Gasteiger partial charge in [0.05, 0.1) is 12.5 Å². The second-order valence-corrected chi connectivity index (χ2v) is 2.12. The second-order valence-electron chi connectivity index (χ2n) is 2.12. The Labute approximate surface area is 65.5 Å². The molecule has 0 aliphatic rings. The lowest BCUT2D eigenvalue weighted by Crippen LogP contribution is -1.84. The zero-order valence-corrected chi connectivity index (χ0v) is 6.69. The van der Waals surface area contributed by atoms with Crippen LogP contribution >= 0.6 is 0 Å². The molecule has 0 atom stereocenters. The first-order valence-electron chi connectivity index (χ1n) is 3.46. The number of nitrogens with zero attached hydrogens (tertiary/aromatic N) is 3. The van der Waals surface area contributed by atoms with Gasteiger partial charge in [0, 0.05) is 13.2 Å². The fourth-order valence-electron chi connectivity index (χ4n) is 0.666. The molecule has 60 valence electrons. The van der Waals surface area contributed by atoms with Crippen LogP contribution in [0.25, 0.3) is 0 Å². The van der Waals surface area contributed by atoms with Crippen molar-refractivity contribution < 1.29 is 4.84 Å². The van der Waals surface area contributed by atoms with Gasteiger partial charge < -0.3 is 9.40 Å². The first-order valence-corrected chi connectivity index (χ1v) is 3.46. The lowest BCUT2D eigenvalue weighted by molar-refractivity contribution is 0.160. The molecule has 0 bridgehead atoms. The lowest BCUT2D eigenvalue weighted by Gasteiger charge is -1.87. The van der Waals surface area contributed by atoms with Crippen molar-refractivity contribution >= 4 is 6.21 Å². The van der Waals surface area contributed by atoms with Crippen LogP contribution in [0.2, 0.25) is 0 Å². The van der Waals surface area contributed by atoms with E-state index in [0.29, 0.717) is 6.61 Å². The van der Waals surface area contributed by atoms with Gasteiger partial charge in [0.15, 0.2) is 0 Å². The van der Waals surface area contributed by atoms with E-state index < -0.39 is 0 Å². The molecular formula is C7H11N3O. The molecule has 0 fully saturated rings. The first kappa shape index (κ1) is 7.78. The summed E-state index contributed by atoms with van der Waals surface area (Å²) in [5.74, 6) is 0. The predicted molar refractivity (Wildman–Crippen MR) is 42.4 cm³/mol. The summed E-state index contributed by atoms with van der Waals surface area (Å²) in [6, 6.07) is 0. The quantitative estimate of drug-likeness (QED) is 0.475. The van der Waals surface area contributed by atoms with E-state index in [-0.39, 0.29) is 0 Å². The molecule has 1 aromatic rings. The molecule has 0 aliphatic heterocycles. The molecular weight excluding hydrogens is 142 g/mol. The van der Waals surface area contributed by atoms with Gasteiger partial charge in [-0.1, -0.05) is 5.16 Å². The largest absolute Gasteiger partial charge is 0.396 e. The van der Waals surface area contributed by atoms with E-state index in [4.69, 9.17) is 4.84 Å². The van der Waals surface area contributed by atoms with Crippen LogP contribution in [-0.2, 0) is 11.9 Å². The summed E-state index contributed by atoms with van der Waals surface area (Å²) >= 11 is 0. The summed E-state index contributed by atoms with van der Waals surface area (Å²) in [6.07, 6.45) is 5.17. The molecule has 1 rings (SSSR count). The Bertz CT molecular complexity index is 242. The van der Waals surface area contributed by atoms with Crippen LogP contribution in [0.4, 0.5) is 0 Å². The van der Waals surface area contributed by atoms with E-state index in [9.17, 15) is 0 Å². The molecule has 0 radical (unpaired) electrons. The molecule has 4 nitrogen and oxygen atoms in total. The Morgan fingerprint density at radius 1 is 1.82 bits per heavy atom. The number of rotatable bonds is 3. The average Bonchev–Trinajstić information content (AvgIpc) is 2.37. The summed E-state index contributed by atoms with van der Waals surface area (Å²) in [5, 5.41) is 3.67. The van der Waals surface area contributed by atoms with Gasteiger partial charge in [0.2, 0.25) is 0 Å². The second kappa shape index (κ2) is 3.75. The summed E-state index contributed by atoms with van der Waals surface area (Å²) in [4.78, 5) is 8.79. The van der Waals surface area contributed by atoms with Crippen LogP contribution < -0.4 is 0 Å². The Hall–Kier alpha value is -1.32. The molecule has 0 saturated carbocycles. The number of hydrogen-bond donors (Lipinski definition) is 0. The van der Waals surface area contributed by atoms with Gasteiger partial charge in [-0.05, 0) is 6.92 Å². The van der Waals surface area contributed by atoms with Crippen molar-refractivity contribution in [2.45, 2.75) is 6.92 Å². The summed E-state index contributed by atoms with van der Waals surface area (Å²) in [6.45, 7) is 2.47. The number of imidazole rings is 1. The van der Waals surface area contributed by atoms with Gasteiger partial charge in [0.25, 0.3) is 0 Å². The Morgan fingerprint density at radius 3 is 3.18 bits per heavy atom. The zero-order valence-electron chi connectivity index (χ0n) is 6.69. The molecule has 11 heavy (non-hydrogen) atoms. The monoisotopic (exact) mass is 153 g/mol. The van der Waals surface area contributed by atoms with Crippen molar-refractivity contribution in [2.75, 3.05) is 6.61 Å². The molecule has 1 aromatic heterocycles. The molecule has 1 heterocycles. The van der Waals surface area contributed by atoms with Gasteiger partial charge in [0.1, 0.15) is 12.3 Å². The Kier molecular flexibility index (Phi) is 2.66. The van der Waals surface area contributed by atoms with Crippen LogP contribution in [0.15, 0.2) is 17.7 Å². The summed E-state index contributed by atoms with van der Waals surface area (Å²) in [5.41, 5.74) is 0.806. The highest BCUT2D eigenvalue weighted by molar-refractivity contribution is 5.75. The Morgan fingerprint density at radius 2 is 2.64 bits per heavy atom. The number of aryl methyl sites for hydroxylation is 1.